The Morgan fingerprint density at radius 2 is 2.06 bits per heavy atom. The van der Waals surface area contributed by atoms with Crippen LogP contribution in [0.1, 0.15) is 24.8 Å². The summed E-state index contributed by atoms with van der Waals surface area (Å²) in [5.74, 6) is 0.604. The first-order valence-corrected chi connectivity index (χ1v) is 6.73. The van der Waals surface area contributed by atoms with Gasteiger partial charge in [0.1, 0.15) is 0 Å². The third-order valence-electron chi connectivity index (χ3n) is 3.26. The van der Waals surface area contributed by atoms with Crippen LogP contribution >= 0.6 is 23.2 Å². The lowest BCUT2D eigenvalue weighted by Crippen LogP contribution is -2.21. The maximum Gasteiger partial charge on any atom is 0.0595 e. The monoisotopic (exact) mass is 273 g/mol. The van der Waals surface area contributed by atoms with E-state index in [4.69, 9.17) is 23.2 Å². The zero-order valence-electron chi connectivity index (χ0n) is 9.63. The highest BCUT2D eigenvalue weighted by Crippen LogP contribution is 2.25. The van der Waals surface area contributed by atoms with E-state index in [1.54, 1.807) is 0 Å². The first kappa shape index (κ1) is 13.2. The van der Waals surface area contributed by atoms with Gasteiger partial charge in [0.2, 0.25) is 0 Å². The van der Waals surface area contributed by atoms with E-state index in [2.05, 4.69) is 5.32 Å². The highest BCUT2D eigenvalue weighted by molar-refractivity contribution is 6.42. The van der Waals surface area contributed by atoms with Gasteiger partial charge in [0.15, 0.2) is 0 Å². The van der Waals surface area contributed by atoms with Crippen LogP contribution in [0.3, 0.4) is 0 Å². The summed E-state index contributed by atoms with van der Waals surface area (Å²) in [4.78, 5) is 0. The Labute approximate surface area is 112 Å². The quantitative estimate of drug-likeness (QED) is 0.883. The van der Waals surface area contributed by atoms with Crippen LogP contribution in [0.4, 0.5) is 0 Å². The van der Waals surface area contributed by atoms with Gasteiger partial charge in [-0.2, -0.15) is 0 Å². The molecule has 0 saturated heterocycles. The van der Waals surface area contributed by atoms with Crippen molar-refractivity contribution in [3.8, 4) is 0 Å². The number of hydrogen-bond acceptors (Lipinski definition) is 2. The van der Waals surface area contributed by atoms with Crippen molar-refractivity contribution in [2.75, 3.05) is 6.54 Å². The molecule has 1 saturated carbocycles. The Hall–Kier alpha value is -0.280. The molecule has 17 heavy (non-hydrogen) atoms. The number of nitrogens with one attached hydrogen (secondary N) is 1. The molecule has 0 heterocycles. The lowest BCUT2D eigenvalue weighted by atomic mass is 10.1. The van der Waals surface area contributed by atoms with Gasteiger partial charge in [0.25, 0.3) is 0 Å². The zero-order valence-corrected chi connectivity index (χ0v) is 11.1. The van der Waals surface area contributed by atoms with Gasteiger partial charge in [-0.15, -0.1) is 0 Å². The predicted molar refractivity (Wildman–Crippen MR) is 71.5 cm³/mol. The van der Waals surface area contributed by atoms with Crippen LogP contribution in [0.2, 0.25) is 10.0 Å². The minimum Gasteiger partial charge on any atom is -0.393 e. The summed E-state index contributed by atoms with van der Waals surface area (Å²) in [6.07, 6.45) is 2.90. The maximum atomic E-state index is 9.42. The molecule has 4 heteroatoms. The number of halogens is 2. The van der Waals surface area contributed by atoms with Gasteiger partial charge in [0, 0.05) is 6.54 Å². The van der Waals surface area contributed by atoms with Crippen molar-refractivity contribution in [3.63, 3.8) is 0 Å². The molecule has 0 amide bonds. The molecule has 0 spiro atoms. The minimum atomic E-state index is -0.0909. The van der Waals surface area contributed by atoms with Crippen molar-refractivity contribution in [3.05, 3.63) is 33.8 Å². The maximum absolute atomic E-state index is 9.42. The van der Waals surface area contributed by atoms with Gasteiger partial charge in [-0.3, -0.25) is 0 Å². The van der Waals surface area contributed by atoms with Crippen molar-refractivity contribution < 1.29 is 5.11 Å². The molecule has 0 radical (unpaired) electrons. The number of hydrogen-bond donors (Lipinski definition) is 2. The summed E-state index contributed by atoms with van der Waals surface area (Å²) < 4.78 is 0. The van der Waals surface area contributed by atoms with Crippen LogP contribution in [-0.2, 0) is 6.54 Å². The van der Waals surface area contributed by atoms with Crippen LogP contribution in [0.25, 0.3) is 0 Å². The Morgan fingerprint density at radius 1 is 1.24 bits per heavy atom. The summed E-state index contributed by atoms with van der Waals surface area (Å²) in [7, 11) is 0. The summed E-state index contributed by atoms with van der Waals surface area (Å²) in [5, 5.41) is 14.0. The first-order valence-electron chi connectivity index (χ1n) is 5.98. The average Bonchev–Trinajstić information content (AvgIpc) is 2.70. The van der Waals surface area contributed by atoms with Crippen molar-refractivity contribution >= 4 is 23.2 Å². The molecule has 2 nitrogen and oxygen atoms in total. The topological polar surface area (TPSA) is 32.3 Å². The smallest absolute Gasteiger partial charge is 0.0595 e. The molecule has 0 aromatic heterocycles. The first-order chi connectivity index (χ1) is 8.15. The molecule has 1 aliphatic carbocycles. The Balaban J connectivity index is 1.76. The second kappa shape index (κ2) is 6.05. The van der Waals surface area contributed by atoms with Crippen LogP contribution in [0, 0.1) is 5.92 Å². The molecule has 1 aliphatic rings. The highest BCUT2D eigenvalue weighted by Gasteiger charge is 2.21. The standard InChI is InChI=1S/C13H17Cl2NO/c14-12-4-2-10(6-13(12)15)8-16-7-9-1-3-11(17)5-9/h2,4,6,9,11,16-17H,1,3,5,7-8H2. The molecule has 1 aromatic carbocycles. The second-order valence-corrected chi connectivity index (χ2v) is 5.53. The molecular formula is C13H17Cl2NO. The summed E-state index contributed by atoms with van der Waals surface area (Å²) in [5.41, 5.74) is 1.14. The molecule has 0 aliphatic heterocycles. The van der Waals surface area contributed by atoms with Gasteiger partial charge in [-0.25, -0.2) is 0 Å². The third kappa shape index (κ3) is 3.85. The molecule has 1 fully saturated rings. The Bertz CT molecular complexity index is 384. The van der Waals surface area contributed by atoms with Gasteiger partial charge >= 0.3 is 0 Å². The molecule has 0 bridgehead atoms. The highest BCUT2D eigenvalue weighted by atomic mass is 35.5. The van der Waals surface area contributed by atoms with E-state index in [1.165, 1.54) is 0 Å². The average molecular weight is 274 g/mol. The summed E-state index contributed by atoms with van der Waals surface area (Å²) in [6.45, 7) is 1.75. The van der Waals surface area contributed by atoms with Gasteiger partial charge in [-0.1, -0.05) is 29.3 Å². The summed E-state index contributed by atoms with van der Waals surface area (Å²) >= 11 is 11.8. The van der Waals surface area contributed by atoms with E-state index in [9.17, 15) is 5.11 Å². The number of benzene rings is 1. The van der Waals surface area contributed by atoms with E-state index in [-0.39, 0.29) is 6.10 Å². The number of rotatable bonds is 4. The fourth-order valence-electron chi connectivity index (χ4n) is 2.30. The number of aliphatic hydroxyl groups excluding tert-OH is 1. The SMILES string of the molecule is OC1CCC(CNCc2ccc(Cl)c(Cl)c2)C1. The van der Waals surface area contributed by atoms with Crippen LogP contribution in [-0.4, -0.2) is 17.8 Å². The van der Waals surface area contributed by atoms with Crippen molar-refractivity contribution in [2.45, 2.75) is 31.9 Å². The van der Waals surface area contributed by atoms with Crippen molar-refractivity contribution in [1.29, 1.82) is 0 Å². The van der Waals surface area contributed by atoms with Gasteiger partial charge < -0.3 is 10.4 Å². The van der Waals surface area contributed by atoms with E-state index < -0.39 is 0 Å². The van der Waals surface area contributed by atoms with Crippen molar-refractivity contribution in [1.82, 2.24) is 5.32 Å². The molecule has 2 rings (SSSR count). The lowest BCUT2D eigenvalue weighted by molar-refractivity contribution is 0.177. The molecule has 2 atom stereocenters. The molecule has 94 valence electrons. The second-order valence-electron chi connectivity index (χ2n) is 4.71. The Morgan fingerprint density at radius 3 is 2.71 bits per heavy atom. The lowest BCUT2D eigenvalue weighted by Gasteiger charge is -2.11. The van der Waals surface area contributed by atoms with Gasteiger partial charge in [-0.05, 0) is 49.4 Å². The predicted octanol–water partition coefficient (Wildman–Crippen LogP) is 3.24. The van der Waals surface area contributed by atoms with E-state index in [0.29, 0.717) is 16.0 Å². The molecule has 2 unspecified atom stereocenters. The largest absolute Gasteiger partial charge is 0.393 e. The normalized spacial score (nSPS) is 24.2. The van der Waals surface area contributed by atoms with E-state index in [0.717, 1.165) is 37.9 Å². The fourth-order valence-corrected chi connectivity index (χ4v) is 2.62. The molecule has 2 N–H and O–H groups in total. The fraction of sp³-hybridized carbons (Fsp3) is 0.538. The van der Waals surface area contributed by atoms with Crippen LogP contribution in [0.5, 0.6) is 0 Å². The third-order valence-corrected chi connectivity index (χ3v) is 4.00. The molecular weight excluding hydrogens is 257 g/mol. The minimum absolute atomic E-state index is 0.0909. The molecule has 1 aromatic rings. The number of aliphatic hydroxyl groups is 1. The van der Waals surface area contributed by atoms with Crippen LogP contribution in [0.15, 0.2) is 18.2 Å². The van der Waals surface area contributed by atoms with Gasteiger partial charge in [0.05, 0.1) is 16.1 Å². The van der Waals surface area contributed by atoms with Crippen LogP contribution < -0.4 is 5.32 Å². The van der Waals surface area contributed by atoms with E-state index >= 15 is 0 Å². The van der Waals surface area contributed by atoms with Crippen molar-refractivity contribution in [2.24, 2.45) is 5.92 Å². The summed E-state index contributed by atoms with van der Waals surface area (Å²) in [6, 6.07) is 5.69. The zero-order chi connectivity index (χ0) is 12.3. The Kier molecular flexibility index (Phi) is 4.69. The van der Waals surface area contributed by atoms with E-state index in [1.807, 2.05) is 18.2 Å².